The number of piperazine rings is 1. The van der Waals surface area contributed by atoms with E-state index in [1.165, 1.54) is 37.7 Å². The molecule has 18 heavy (non-hydrogen) atoms. The maximum Gasteiger partial charge on any atom is 0.0104 e. The smallest absolute Gasteiger partial charge is 0.0104 e. The molecule has 112 valence electrons. The van der Waals surface area contributed by atoms with Crippen molar-refractivity contribution in [2.45, 2.75) is 27.7 Å². The first-order valence-corrected chi connectivity index (χ1v) is 8.60. The van der Waals surface area contributed by atoms with Crippen molar-refractivity contribution in [3.05, 3.63) is 0 Å². The summed E-state index contributed by atoms with van der Waals surface area (Å²) in [5, 5.41) is 3.27. The fourth-order valence-electron chi connectivity index (χ4n) is 1.43. The molecule has 0 bridgehead atoms. The number of hydrogen-bond acceptors (Lipinski definition) is 4. The van der Waals surface area contributed by atoms with E-state index in [2.05, 4.69) is 41.0 Å². The molecule has 2 rings (SSSR count). The number of hydrogen-bond donors (Lipinski definition) is 1. The molecule has 0 aromatic rings. The van der Waals surface area contributed by atoms with Crippen LogP contribution < -0.4 is 5.32 Å². The lowest BCUT2D eigenvalue weighted by Crippen LogP contribution is -2.40. The first-order valence-electron chi connectivity index (χ1n) is 7.44. The lowest BCUT2D eigenvalue weighted by Gasteiger charge is -2.21. The third kappa shape index (κ3) is 14.3. The van der Waals surface area contributed by atoms with E-state index >= 15 is 0 Å². The van der Waals surface area contributed by atoms with Crippen LogP contribution in [0.5, 0.6) is 0 Å². The van der Waals surface area contributed by atoms with Gasteiger partial charge in [-0.05, 0) is 14.1 Å². The highest BCUT2D eigenvalue weighted by molar-refractivity contribution is 7.99. The van der Waals surface area contributed by atoms with Gasteiger partial charge in [-0.15, -0.1) is 0 Å². The molecule has 3 nitrogen and oxygen atoms in total. The van der Waals surface area contributed by atoms with E-state index in [4.69, 9.17) is 0 Å². The minimum atomic E-state index is 1.16. The summed E-state index contributed by atoms with van der Waals surface area (Å²) in [6.45, 7) is 15.3. The predicted molar refractivity (Wildman–Crippen MR) is 87.9 cm³/mol. The zero-order valence-electron chi connectivity index (χ0n) is 13.5. The standard InChI is InChI=1S/C5H12N2.C5H11NS.2C2H6/c1-7-4-2-6-3-5-7;1-6-2-4-7-5-3-6;2*1-2/h6H,2-5H2,1H3;2-5H2,1H3;2*1-2H3. The monoisotopic (exact) mass is 277 g/mol. The molecule has 0 aromatic heterocycles. The Labute approximate surface area is 120 Å². The number of rotatable bonds is 0. The summed E-state index contributed by atoms with van der Waals surface area (Å²) in [6.07, 6.45) is 0. The van der Waals surface area contributed by atoms with Gasteiger partial charge in [-0.1, -0.05) is 27.7 Å². The molecule has 0 aliphatic carbocycles. The molecule has 4 heteroatoms. The van der Waals surface area contributed by atoms with Crippen LogP contribution in [0, 0.1) is 0 Å². The first-order chi connectivity index (χ1) is 8.79. The highest BCUT2D eigenvalue weighted by Crippen LogP contribution is 2.05. The minimum Gasteiger partial charge on any atom is -0.314 e. The molecule has 2 saturated heterocycles. The van der Waals surface area contributed by atoms with E-state index in [1.54, 1.807) is 0 Å². The number of likely N-dealkylation sites (N-methyl/N-ethyl adjacent to an activating group) is 1. The van der Waals surface area contributed by atoms with Gasteiger partial charge in [0.15, 0.2) is 0 Å². The first kappa shape index (κ1) is 20.5. The van der Waals surface area contributed by atoms with Crippen LogP contribution in [0.25, 0.3) is 0 Å². The van der Waals surface area contributed by atoms with E-state index in [0.717, 1.165) is 13.1 Å². The van der Waals surface area contributed by atoms with Crippen molar-refractivity contribution in [1.29, 1.82) is 0 Å². The van der Waals surface area contributed by atoms with E-state index < -0.39 is 0 Å². The Morgan fingerprint density at radius 1 is 0.722 bits per heavy atom. The molecule has 2 aliphatic rings. The third-order valence-corrected chi connectivity index (χ3v) is 3.52. The molecule has 2 heterocycles. The zero-order chi connectivity index (χ0) is 14.2. The maximum absolute atomic E-state index is 3.27. The van der Waals surface area contributed by atoms with Crippen LogP contribution in [0.1, 0.15) is 27.7 Å². The summed E-state index contributed by atoms with van der Waals surface area (Å²) in [7, 11) is 4.33. The molecule has 0 unspecified atom stereocenters. The number of nitrogens with one attached hydrogen (secondary N) is 1. The van der Waals surface area contributed by atoms with Crippen LogP contribution in [0.4, 0.5) is 0 Å². The van der Waals surface area contributed by atoms with Crippen molar-refractivity contribution in [2.75, 3.05) is 64.9 Å². The second-order valence-corrected chi connectivity index (χ2v) is 5.19. The fourth-order valence-corrected chi connectivity index (χ4v) is 2.52. The van der Waals surface area contributed by atoms with Gasteiger partial charge in [0.25, 0.3) is 0 Å². The second kappa shape index (κ2) is 17.2. The van der Waals surface area contributed by atoms with Crippen LogP contribution in [0.3, 0.4) is 0 Å². The number of nitrogens with zero attached hydrogens (tertiary/aromatic N) is 2. The van der Waals surface area contributed by atoms with Gasteiger partial charge >= 0.3 is 0 Å². The Hall–Kier alpha value is 0.230. The van der Waals surface area contributed by atoms with Gasteiger partial charge in [0.2, 0.25) is 0 Å². The van der Waals surface area contributed by atoms with Gasteiger partial charge in [0.05, 0.1) is 0 Å². The van der Waals surface area contributed by atoms with Crippen molar-refractivity contribution >= 4 is 11.8 Å². The summed E-state index contributed by atoms with van der Waals surface area (Å²) in [5.41, 5.74) is 0. The lowest BCUT2D eigenvalue weighted by molar-refractivity contribution is 0.291. The Bertz CT molecular complexity index is 117. The van der Waals surface area contributed by atoms with Crippen molar-refractivity contribution in [1.82, 2.24) is 15.1 Å². The molecule has 0 radical (unpaired) electrons. The Kier molecular flexibility index (Phi) is 19.7. The molecule has 2 fully saturated rings. The summed E-state index contributed by atoms with van der Waals surface area (Å²) in [5.74, 6) is 2.66. The van der Waals surface area contributed by atoms with Crippen LogP contribution in [0.2, 0.25) is 0 Å². The maximum atomic E-state index is 3.27. The van der Waals surface area contributed by atoms with Crippen molar-refractivity contribution < 1.29 is 0 Å². The van der Waals surface area contributed by atoms with Gasteiger partial charge in [-0.3, -0.25) is 0 Å². The average molecular weight is 278 g/mol. The molecule has 0 aromatic carbocycles. The van der Waals surface area contributed by atoms with E-state index in [1.807, 2.05) is 27.7 Å². The quantitative estimate of drug-likeness (QED) is 0.731. The zero-order valence-corrected chi connectivity index (χ0v) is 14.3. The van der Waals surface area contributed by atoms with E-state index in [-0.39, 0.29) is 0 Å². The molecule has 0 amide bonds. The highest BCUT2D eigenvalue weighted by atomic mass is 32.2. The van der Waals surface area contributed by atoms with Crippen LogP contribution in [-0.4, -0.2) is 74.7 Å². The SMILES string of the molecule is CC.CC.CN1CCNCC1.CN1CCSCC1. The molecule has 0 atom stereocenters. The predicted octanol–water partition coefficient (Wildman–Crippen LogP) is 2.24. The topological polar surface area (TPSA) is 18.5 Å². The molecular weight excluding hydrogens is 242 g/mol. The van der Waals surface area contributed by atoms with Gasteiger partial charge in [0.1, 0.15) is 0 Å². The lowest BCUT2D eigenvalue weighted by atomic mass is 10.4. The van der Waals surface area contributed by atoms with E-state index in [9.17, 15) is 0 Å². The summed E-state index contributed by atoms with van der Waals surface area (Å²) in [4.78, 5) is 4.70. The molecular formula is C14H35N3S. The normalized spacial score (nSPS) is 20.3. The molecule has 0 spiro atoms. The van der Waals surface area contributed by atoms with Gasteiger partial charge in [-0.2, -0.15) is 11.8 Å². The molecule has 2 aliphatic heterocycles. The summed E-state index contributed by atoms with van der Waals surface area (Å²) >= 11 is 2.06. The largest absolute Gasteiger partial charge is 0.314 e. The van der Waals surface area contributed by atoms with Gasteiger partial charge < -0.3 is 15.1 Å². The molecule has 1 N–H and O–H groups in total. The van der Waals surface area contributed by atoms with Crippen molar-refractivity contribution in [3.8, 4) is 0 Å². The van der Waals surface area contributed by atoms with Gasteiger partial charge in [0, 0.05) is 50.8 Å². The van der Waals surface area contributed by atoms with Crippen LogP contribution >= 0.6 is 11.8 Å². The Morgan fingerprint density at radius 3 is 1.33 bits per heavy atom. The van der Waals surface area contributed by atoms with Crippen molar-refractivity contribution in [3.63, 3.8) is 0 Å². The van der Waals surface area contributed by atoms with Crippen LogP contribution in [0.15, 0.2) is 0 Å². The van der Waals surface area contributed by atoms with Gasteiger partial charge in [-0.25, -0.2) is 0 Å². The Morgan fingerprint density at radius 2 is 1.11 bits per heavy atom. The van der Waals surface area contributed by atoms with Crippen molar-refractivity contribution in [2.24, 2.45) is 0 Å². The van der Waals surface area contributed by atoms with E-state index in [0.29, 0.717) is 0 Å². The fraction of sp³-hybridized carbons (Fsp3) is 1.00. The summed E-state index contributed by atoms with van der Waals surface area (Å²) in [6, 6.07) is 0. The minimum absolute atomic E-state index is 1.16. The van der Waals surface area contributed by atoms with Crippen LogP contribution in [-0.2, 0) is 0 Å². The molecule has 0 saturated carbocycles. The summed E-state index contributed by atoms with van der Waals surface area (Å²) < 4.78 is 0. The number of thioether (sulfide) groups is 1. The third-order valence-electron chi connectivity index (χ3n) is 2.58. The highest BCUT2D eigenvalue weighted by Gasteiger charge is 2.02. The average Bonchev–Trinajstić information content (AvgIpc) is 2.46. The Balaban J connectivity index is 0. The second-order valence-electron chi connectivity index (χ2n) is 3.97.